The van der Waals surface area contributed by atoms with Gasteiger partial charge in [0.15, 0.2) is 0 Å². The number of carbonyl (C=O) groups is 1. The topological polar surface area (TPSA) is 46.3 Å². The van der Waals surface area contributed by atoms with Crippen molar-refractivity contribution in [2.75, 3.05) is 11.4 Å². The van der Waals surface area contributed by atoms with Gasteiger partial charge in [-0.05, 0) is 37.5 Å². The van der Waals surface area contributed by atoms with Crippen molar-refractivity contribution in [1.82, 2.24) is 0 Å². The Morgan fingerprint density at radius 2 is 2.06 bits per heavy atom. The summed E-state index contributed by atoms with van der Waals surface area (Å²) in [6.07, 6.45) is 0. The van der Waals surface area contributed by atoms with Gasteiger partial charge in [0.1, 0.15) is 0 Å². The minimum Gasteiger partial charge on any atom is -0.320 e. The van der Waals surface area contributed by atoms with Crippen LogP contribution in [0.3, 0.4) is 0 Å². The van der Waals surface area contributed by atoms with Crippen molar-refractivity contribution in [1.29, 1.82) is 0 Å². The molecule has 1 aromatic rings. The molecule has 0 unspecified atom stereocenters. The summed E-state index contributed by atoms with van der Waals surface area (Å²) >= 11 is 0. The fraction of sp³-hybridized carbons (Fsp3) is 0.500. The molecule has 0 spiro atoms. The zero-order valence-corrected chi connectivity index (χ0v) is 11.1. The Labute approximate surface area is 104 Å². The second-order valence-corrected chi connectivity index (χ2v) is 4.69. The maximum Gasteiger partial charge on any atom is 0.244 e. The summed E-state index contributed by atoms with van der Waals surface area (Å²) in [6.45, 7) is 8.56. The SMILES string of the molecule is CCN(C(=O)[C@H](N)C(C)C)c1cccc(C)c1. The van der Waals surface area contributed by atoms with Crippen molar-refractivity contribution in [3.8, 4) is 0 Å². The van der Waals surface area contributed by atoms with Crippen molar-refractivity contribution in [3.63, 3.8) is 0 Å². The van der Waals surface area contributed by atoms with Crippen molar-refractivity contribution < 1.29 is 4.79 Å². The minimum absolute atomic E-state index is 0.00639. The molecular weight excluding hydrogens is 212 g/mol. The Morgan fingerprint density at radius 1 is 1.41 bits per heavy atom. The molecule has 17 heavy (non-hydrogen) atoms. The van der Waals surface area contributed by atoms with Gasteiger partial charge in [0, 0.05) is 12.2 Å². The Bertz CT molecular complexity index is 388. The number of benzene rings is 1. The quantitative estimate of drug-likeness (QED) is 0.869. The van der Waals surface area contributed by atoms with Crippen LogP contribution >= 0.6 is 0 Å². The predicted octanol–water partition coefficient (Wildman–Crippen LogP) is 2.33. The third kappa shape index (κ3) is 3.30. The van der Waals surface area contributed by atoms with Gasteiger partial charge >= 0.3 is 0 Å². The second kappa shape index (κ2) is 5.82. The Hall–Kier alpha value is -1.35. The number of amides is 1. The van der Waals surface area contributed by atoms with E-state index in [1.54, 1.807) is 4.90 Å². The van der Waals surface area contributed by atoms with Gasteiger partial charge < -0.3 is 10.6 Å². The summed E-state index contributed by atoms with van der Waals surface area (Å²) in [5.41, 5.74) is 7.99. The van der Waals surface area contributed by atoms with Gasteiger partial charge in [-0.15, -0.1) is 0 Å². The van der Waals surface area contributed by atoms with Crippen LogP contribution in [0.25, 0.3) is 0 Å². The maximum absolute atomic E-state index is 12.2. The van der Waals surface area contributed by atoms with Gasteiger partial charge in [0.25, 0.3) is 0 Å². The molecule has 0 aliphatic carbocycles. The second-order valence-electron chi connectivity index (χ2n) is 4.69. The van der Waals surface area contributed by atoms with Crippen molar-refractivity contribution in [3.05, 3.63) is 29.8 Å². The van der Waals surface area contributed by atoms with Crippen LogP contribution in [0, 0.1) is 12.8 Å². The van der Waals surface area contributed by atoms with Crippen LogP contribution in [-0.4, -0.2) is 18.5 Å². The van der Waals surface area contributed by atoms with Gasteiger partial charge in [-0.3, -0.25) is 4.79 Å². The highest BCUT2D eigenvalue weighted by Crippen LogP contribution is 2.17. The summed E-state index contributed by atoms with van der Waals surface area (Å²) in [6, 6.07) is 7.50. The van der Waals surface area contributed by atoms with E-state index in [0.717, 1.165) is 11.3 Å². The third-order valence-corrected chi connectivity index (χ3v) is 2.90. The number of aryl methyl sites for hydroxylation is 1. The van der Waals surface area contributed by atoms with Crippen molar-refractivity contribution in [2.45, 2.75) is 33.7 Å². The average molecular weight is 234 g/mol. The zero-order chi connectivity index (χ0) is 13.0. The van der Waals surface area contributed by atoms with E-state index in [2.05, 4.69) is 0 Å². The van der Waals surface area contributed by atoms with Gasteiger partial charge in [-0.25, -0.2) is 0 Å². The molecule has 3 nitrogen and oxygen atoms in total. The Balaban J connectivity index is 2.96. The minimum atomic E-state index is -0.435. The van der Waals surface area contributed by atoms with Crippen LogP contribution in [-0.2, 0) is 4.79 Å². The first kappa shape index (κ1) is 13.7. The molecule has 0 bridgehead atoms. The van der Waals surface area contributed by atoms with Gasteiger partial charge in [0.05, 0.1) is 6.04 Å². The third-order valence-electron chi connectivity index (χ3n) is 2.90. The summed E-state index contributed by atoms with van der Waals surface area (Å²) in [7, 11) is 0. The first-order chi connectivity index (χ1) is 7.97. The van der Waals surface area contributed by atoms with E-state index in [0.29, 0.717) is 6.54 Å². The molecule has 94 valence electrons. The summed E-state index contributed by atoms with van der Waals surface area (Å²) < 4.78 is 0. The van der Waals surface area contributed by atoms with Gasteiger partial charge in [-0.2, -0.15) is 0 Å². The van der Waals surface area contributed by atoms with E-state index in [1.807, 2.05) is 52.0 Å². The number of carbonyl (C=O) groups excluding carboxylic acids is 1. The van der Waals surface area contributed by atoms with Crippen LogP contribution in [0.2, 0.25) is 0 Å². The largest absolute Gasteiger partial charge is 0.320 e. The number of hydrogen-bond acceptors (Lipinski definition) is 2. The predicted molar refractivity (Wildman–Crippen MR) is 72.0 cm³/mol. The van der Waals surface area contributed by atoms with Crippen molar-refractivity contribution in [2.24, 2.45) is 11.7 Å². The lowest BCUT2D eigenvalue weighted by atomic mass is 10.0. The molecule has 0 saturated heterocycles. The van der Waals surface area contributed by atoms with Crippen LogP contribution in [0.15, 0.2) is 24.3 Å². The molecule has 0 heterocycles. The average Bonchev–Trinajstić information content (AvgIpc) is 2.28. The molecule has 0 aromatic heterocycles. The van der Waals surface area contributed by atoms with Crippen LogP contribution in [0.1, 0.15) is 26.3 Å². The highest BCUT2D eigenvalue weighted by molar-refractivity contribution is 5.97. The lowest BCUT2D eigenvalue weighted by Crippen LogP contribution is -2.46. The highest BCUT2D eigenvalue weighted by Gasteiger charge is 2.23. The molecular formula is C14H22N2O. The molecule has 1 atom stereocenters. The monoisotopic (exact) mass is 234 g/mol. The van der Waals surface area contributed by atoms with E-state index in [1.165, 1.54) is 0 Å². The lowest BCUT2D eigenvalue weighted by molar-refractivity contribution is -0.120. The van der Waals surface area contributed by atoms with Crippen LogP contribution < -0.4 is 10.6 Å². The number of anilines is 1. The maximum atomic E-state index is 12.2. The molecule has 1 rings (SSSR count). The number of nitrogens with two attached hydrogens (primary N) is 1. The smallest absolute Gasteiger partial charge is 0.244 e. The van der Waals surface area contributed by atoms with E-state index < -0.39 is 6.04 Å². The fourth-order valence-corrected chi connectivity index (χ4v) is 1.73. The molecule has 2 N–H and O–H groups in total. The van der Waals surface area contributed by atoms with E-state index >= 15 is 0 Å². The molecule has 3 heteroatoms. The standard InChI is InChI=1S/C14H22N2O/c1-5-16(14(17)13(15)10(2)3)12-8-6-7-11(4)9-12/h6-10,13H,5,15H2,1-4H3/t13-/m1/s1. The number of hydrogen-bond donors (Lipinski definition) is 1. The first-order valence-electron chi connectivity index (χ1n) is 6.11. The molecule has 0 radical (unpaired) electrons. The van der Waals surface area contributed by atoms with Crippen LogP contribution in [0.5, 0.6) is 0 Å². The van der Waals surface area contributed by atoms with Crippen LogP contribution in [0.4, 0.5) is 5.69 Å². The normalized spacial score (nSPS) is 12.6. The Morgan fingerprint density at radius 3 is 2.53 bits per heavy atom. The summed E-state index contributed by atoms with van der Waals surface area (Å²) in [5.74, 6) is 0.148. The molecule has 0 aliphatic rings. The number of likely N-dealkylation sites (N-methyl/N-ethyl adjacent to an activating group) is 1. The van der Waals surface area contributed by atoms with E-state index in [4.69, 9.17) is 5.73 Å². The van der Waals surface area contributed by atoms with Crippen molar-refractivity contribution >= 4 is 11.6 Å². The van der Waals surface area contributed by atoms with E-state index in [9.17, 15) is 4.79 Å². The lowest BCUT2D eigenvalue weighted by Gasteiger charge is -2.26. The highest BCUT2D eigenvalue weighted by atomic mass is 16.2. The number of nitrogens with zero attached hydrogens (tertiary/aromatic N) is 1. The molecule has 1 aromatic carbocycles. The summed E-state index contributed by atoms with van der Waals surface area (Å²) in [5, 5.41) is 0. The number of rotatable bonds is 4. The fourth-order valence-electron chi connectivity index (χ4n) is 1.73. The molecule has 0 fully saturated rings. The van der Waals surface area contributed by atoms with E-state index in [-0.39, 0.29) is 11.8 Å². The summed E-state index contributed by atoms with van der Waals surface area (Å²) in [4.78, 5) is 14.0. The molecule has 1 amide bonds. The molecule has 0 aliphatic heterocycles. The first-order valence-corrected chi connectivity index (χ1v) is 6.11. The Kier molecular flexibility index (Phi) is 4.70. The molecule has 0 saturated carbocycles. The zero-order valence-electron chi connectivity index (χ0n) is 11.1. The van der Waals surface area contributed by atoms with Gasteiger partial charge in [0.2, 0.25) is 5.91 Å². The van der Waals surface area contributed by atoms with Gasteiger partial charge in [-0.1, -0.05) is 26.0 Å².